The Bertz CT molecular complexity index is 527. The van der Waals surface area contributed by atoms with Crippen molar-refractivity contribution < 1.29 is 0 Å². The molecular formula is C14H18N4S. The first-order chi connectivity index (χ1) is 9.22. The molecule has 0 atom stereocenters. The minimum Gasteiger partial charge on any atom is -0.355 e. The summed E-state index contributed by atoms with van der Waals surface area (Å²) in [7, 11) is 2.03. The fourth-order valence-electron chi connectivity index (χ4n) is 1.79. The van der Waals surface area contributed by atoms with Gasteiger partial charge in [0.1, 0.15) is 17.2 Å². The van der Waals surface area contributed by atoms with Crippen LogP contribution in [-0.4, -0.2) is 23.3 Å². The zero-order valence-corrected chi connectivity index (χ0v) is 12.0. The normalized spacial score (nSPS) is 10.5. The molecule has 2 rings (SSSR count). The highest BCUT2D eigenvalue weighted by atomic mass is 32.2. The van der Waals surface area contributed by atoms with Crippen molar-refractivity contribution in [2.75, 3.05) is 18.2 Å². The summed E-state index contributed by atoms with van der Waals surface area (Å²) < 4.78 is 0. The van der Waals surface area contributed by atoms with Gasteiger partial charge < -0.3 is 10.6 Å². The highest BCUT2D eigenvalue weighted by Crippen LogP contribution is 2.18. The van der Waals surface area contributed by atoms with E-state index in [1.54, 1.807) is 18.1 Å². The number of nitrogens with two attached hydrogens (primary N) is 1. The number of aromatic nitrogens is 2. The summed E-state index contributed by atoms with van der Waals surface area (Å²) in [5.41, 5.74) is 7.99. The van der Waals surface area contributed by atoms with E-state index in [-0.39, 0.29) is 0 Å². The molecule has 2 N–H and O–H groups in total. The van der Waals surface area contributed by atoms with Gasteiger partial charge in [0.25, 0.3) is 0 Å². The van der Waals surface area contributed by atoms with E-state index in [1.807, 2.05) is 19.4 Å². The molecule has 0 spiro atoms. The van der Waals surface area contributed by atoms with E-state index in [0.29, 0.717) is 6.54 Å². The van der Waals surface area contributed by atoms with Crippen LogP contribution in [-0.2, 0) is 13.1 Å². The largest absolute Gasteiger partial charge is 0.355 e. The van der Waals surface area contributed by atoms with Crippen molar-refractivity contribution in [1.29, 1.82) is 0 Å². The molecule has 0 amide bonds. The van der Waals surface area contributed by atoms with Gasteiger partial charge >= 0.3 is 0 Å². The standard InChI is InChI=1S/C14H18N4S/c1-18(13-7-14(19-2)17-10-16-13)9-12-5-3-11(8-15)4-6-12/h3-7,10H,8-9,15H2,1-2H3. The van der Waals surface area contributed by atoms with E-state index < -0.39 is 0 Å². The zero-order valence-electron chi connectivity index (χ0n) is 11.2. The van der Waals surface area contributed by atoms with Gasteiger partial charge in [0.05, 0.1) is 0 Å². The summed E-state index contributed by atoms with van der Waals surface area (Å²) in [4.78, 5) is 10.6. The quantitative estimate of drug-likeness (QED) is 0.669. The van der Waals surface area contributed by atoms with Crippen molar-refractivity contribution >= 4 is 17.6 Å². The Morgan fingerprint density at radius 3 is 2.47 bits per heavy atom. The molecule has 5 heteroatoms. The first kappa shape index (κ1) is 13.8. The highest BCUT2D eigenvalue weighted by molar-refractivity contribution is 7.98. The van der Waals surface area contributed by atoms with Crippen molar-refractivity contribution in [3.05, 3.63) is 47.8 Å². The first-order valence-electron chi connectivity index (χ1n) is 6.08. The smallest absolute Gasteiger partial charge is 0.133 e. The zero-order chi connectivity index (χ0) is 13.7. The third-order valence-electron chi connectivity index (χ3n) is 2.91. The molecule has 100 valence electrons. The Hall–Kier alpha value is -1.59. The minimum atomic E-state index is 0.582. The van der Waals surface area contributed by atoms with Crippen LogP contribution < -0.4 is 10.6 Å². The van der Waals surface area contributed by atoms with Crippen LogP contribution in [0.3, 0.4) is 0 Å². The van der Waals surface area contributed by atoms with Gasteiger partial charge in [-0.3, -0.25) is 0 Å². The van der Waals surface area contributed by atoms with E-state index in [0.717, 1.165) is 23.0 Å². The van der Waals surface area contributed by atoms with E-state index >= 15 is 0 Å². The monoisotopic (exact) mass is 274 g/mol. The van der Waals surface area contributed by atoms with E-state index in [9.17, 15) is 0 Å². The molecular weight excluding hydrogens is 256 g/mol. The minimum absolute atomic E-state index is 0.582. The molecule has 0 aliphatic carbocycles. The van der Waals surface area contributed by atoms with Gasteiger partial charge in [0, 0.05) is 26.2 Å². The van der Waals surface area contributed by atoms with Gasteiger partial charge in [-0.15, -0.1) is 11.8 Å². The fraction of sp³-hybridized carbons (Fsp3) is 0.286. The molecule has 19 heavy (non-hydrogen) atoms. The summed E-state index contributed by atoms with van der Waals surface area (Å²) in [6.07, 6.45) is 3.62. The molecule has 0 bridgehead atoms. The van der Waals surface area contributed by atoms with E-state index in [4.69, 9.17) is 5.73 Å². The van der Waals surface area contributed by atoms with Crippen LogP contribution >= 0.6 is 11.8 Å². The Balaban J connectivity index is 2.08. The number of benzene rings is 1. The van der Waals surface area contributed by atoms with Gasteiger partial charge in [-0.05, 0) is 17.4 Å². The first-order valence-corrected chi connectivity index (χ1v) is 7.30. The van der Waals surface area contributed by atoms with Crippen LogP contribution in [0.2, 0.25) is 0 Å². The van der Waals surface area contributed by atoms with Crippen LogP contribution in [0.25, 0.3) is 0 Å². The number of thioether (sulfide) groups is 1. The fourth-order valence-corrected chi connectivity index (χ4v) is 2.16. The number of anilines is 1. The second-order valence-electron chi connectivity index (χ2n) is 4.30. The Morgan fingerprint density at radius 2 is 1.84 bits per heavy atom. The summed E-state index contributed by atoms with van der Waals surface area (Å²) >= 11 is 1.62. The maximum Gasteiger partial charge on any atom is 0.133 e. The van der Waals surface area contributed by atoms with Crippen LogP contribution in [0.4, 0.5) is 5.82 Å². The lowest BCUT2D eigenvalue weighted by molar-refractivity contribution is 0.877. The average molecular weight is 274 g/mol. The van der Waals surface area contributed by atoms with Crippen molar-refractivity contribution in [1.82, 2.24) is 9.97 Å². The van der Waals surface area contributed by atoms with Gasteiger partial charge in [-0.25, -0.2) is 9.97 Å². The molecule has 1 aromatic carbocycles. The lowest BCUT2D eigenvalue weighted by Crippen LogP contribution is -2.17. The van der Waals surface area contributed by atoms with Gasteiger partial charge in [0.2, 0.25) is 0 Å². The molecule has 0 aliphatic rings. The van der Waals surface area contributed by atoms with Gasteiger partial charge in [0.15, 0.2) is 0 Å². The van der Waals surface area contributed by atoms with Crippen LogP contribution in [0.15, 0.2) is 41.7 Å². The van der Waals surface area contributed by atoms with Crippen molar-refractivity contribution in [2.45, 2.75) is 18.1 Å². The van der Waals surface area contributed by atoms with Crippen LogP contribution in [0.1, 0.15) is 11.1 Å². The second kappa shape index (κ2) is 6.54. The van der Waals surface area contributed by atoms with Crippen LogP contribution in [0.5, 0.6) is 0 Å². The molecule has 0 fully saturated rings. The van der Waals surface area contributed by atoms with Crippen molar-refractivity contribution in [3.8, 4) is 0 Å². The molecule has 4 nitrogen and oxygen atoms in total. The number of nitrogens with zero attached hydrogens (tertiary/aromatic N) is 3. The maximum atomic E-state index is 5.59. The topological polar surface area (TPSA) is 55.0 Å². The summed E-state index contributed by atoms with van der Waals surface area (Å²) in [5.74, 6) is 0.933. The number of rotatable bonds is 5. The molecule has 2 aromatic rings. The highest BCUT2D eigenvalue weighted by Gasteiger charge is 2.05. The van der Waals surface area contributed by atoms with Gasteiger partial charge in [-0.1, -0.05) is 24.3 Å². The Labute approximate surface area is 118 Å². The third kappa shape index (κ3) is 3.68. The van der Waals surface area contributed by atoms with Crippen molar-refractivity contribution in [2.24, 2.45) is 5.73 Å². The molecule has 0 unspecified atom stereocenters. The summed E-state index contributed by atoms with van der Waals surface area (Å²) in [6, 6.07) is 10.3. The number of hydrogen-bond acceptors (Lipinski definition) is 5. The molecule has 0 aliphatic heterocycles. The Kier molecular flexibility index (Phi) is 4.76. The van der Waals surface area contributed by atoms with Crippen LogP contribution in [0, 0.1) is 0 Å². The predicted molar refractivity (Wildman–Crippen MR) is 80.3 cm³/mol. The molecule has 0 saturated heterocycles. The lowest BCUT2D eigenvalue weighted by atomic mass is 10.1. The maximum absolute atomic E-state index is 5.59. The molecule has 0 saturated carbocycles. The summed E-state index contributed by atoms with van der Waals surface area (Å²) in [6.45, 7) is 1.40. The molecule has 1 heterocycles. The average Bonchev–Trinajstić information content (AvgIpc) is 2.48. The molecule has 0 radical (unpaired) electrons. The lowest BCUT2D eigenvalue weighted by Gasteiger charge is -2.18. The number of hydrogen-bond donors (Lipinski definition) is 1. The Morgan fingerprint density at radius 1 is 1.16 bits per heavy atom. The molecule has 1 aromatic heterocycles. The van der Waals surface area contributed by atoms with E-state index in [1.165, 1.54) is 5.56 Å². The SMILES string of the molecule is CSc1cc(N(C)Cc2ccc(CN)cc2)ncn1. The summed E-state index contributed by atoms with van der Waals surface area (Å²) in [5, 5.41) is 0.982. The predicted octanol–water partition coefficient (Wildman–Crippen LogP) is 2.29. The third-order valence-corrected chi connectivity index (χ3v) is 3.55. The van der Waals surface area contributed by atoms with Crippen molar-refractivity contribution in [3.63, 3.8) is 0 Å². The van der Waals surface area contributed by atoms with E-state index in [2.05, 4.69) is 39.1 Å². The van der Waals surface area contributed by atoms with Gasteiger partial charge in [-0.2, -0.15) is 0 Å². The second-order valence-corrected chi connectivity index (χ2v) is 5.12.